The maximum absolute atomic E-state index is 11.6. The third-order valence-electron chi connectivity index (χ3n) is 2.57. The van der Waals surface area contributed by atoms with Crippen LogP contribution in [-0.4, -0.2) is 28.1 Å². The average Bonchev–Trinajstić information content (AvgIpc) is 2.72. The van der Waals surface area contributed by atoms with Crippen LogP contribution in [0.15, 0.2) is 11.6 Å². The van der Waals surface area contributed by atoms with Crippen molar-refractivity contribution < 1.29 is 9.53 Å². The lowest BCUT2D eigenvalue weighted by Crippen LogP contribution is -2.37. The van der Waals surface area contributed by atoms with Crippen molar-refractivity contribution in [1.29, 1.82) is 0 Å². The molecule has 1 aliphatic rings. The standard InChI is InChI=1S/C10H14N2O2S/c1-6(2)12-7(3)8(14-10(12)13)9-11-4-5-15-9/h4-8H,1-3H3/t7-,8-/m0/s1. The van der Waals surface area contributed by atoms with Crippen molar-refractivity contribution in [3.63, 3.8) is 0 Å². The first kappa shape index (κ1) is 10.4. The van der Waals surface area contributed by atoms with Crippen LogP contribution in [0.3, 0.4) is 0 Å². The van der Waals surface area contributed by atoms with Gasteiger partial charge in [-0.2, -0.15) is 0 Å². The SMILES string of the molecule is CC(C)N1C(=O)O[C@H](c2nccs2)[C@@H]1C. The van der Waals surface area contributed by atoms with Gasteiger partial charge in [0.2, 0.25) is 0 Å². The summed E-state index contributed by atoms with van der Waals surface area (Å²) in [5.74, 6) is 0. The predicted molar refractivity (Wildman–Crippen MR) is 57.8 cm³/mol. The van der Waals surface area contributed by atoms with Crippen LogP contribution in [0.5, 0.6) is 0 Å². The van der Waals surface area contributed by atoms with Gasteiger partial charge in [-0.05, 0) is 20.8 Å². The summed E-state index contributed by atoms with van der Waals surface area (Å²) < 4.78 is 5.33. The van der Waals surface area contributed by atoms with Gasteiger partial charge < -0.3 is 4.74 Å². The molecule has 0 saturated carbocycles. The van der Waals surface area contributed by atoms with Crippen molar-refractivity contribution in [2.45, 2.75) is 39.0 Å². The molecule has 4 nitrogen and oxygen atoms in total. The number of ether oxygens (including phenoxy) is 1. The minimum atomic E-state index is -0.238. The molecular formula is C10H14N2O2S. The number of carbonyl (C=O) groups excluding carboxylic acids is 1. The minimum absolute atomic E-state index is 0.0589. The second-order valence-corrected chi connectivity index (χ2v) is 4.84. The van der Waals surface area contributed by atoms with Crippen molar-refractivity contribution in [2.75, 3.05) is 0 Å². The quantitative estimate of drug-likeness (QED) is 0.777. The van der Waals surface area contributed by atoms with Gasteiger partial charge in [-0.1, -0.05) is 0 Å². The van der Waals surface area contributed by atoms with Crippen molar-refractivity contribution in [2.24, 2.45) is 0 Å². The van der Waals surface area contributed by atoms with Crippen LogP contribution in [0.1, 0.15) is 31.9 Å². The molecule has 2 atom stereocenters. The number of nitrogens with zero attached hydrogens (tertiary/aromatic N) is 2. The van der Waals surface area contributed by atoms with E-state index in [-0.39, 0.29) is 24.3 Å². The van der Waals surface area contributed by atoms with E-state index in [9.17, 15) is 4.79 Å². The summed E-state index contributed by atoms with van der Waals surface area (Å²) >= 11 is 1.52. The lowest BCUT2D eigenvalue weighted by atomic mass is 10.1. The Balaban J connectivity index is 2.22. The van der Waals surface area contributed by atoms with E-state index < -0.39 is 0 Å². The third-order valence-corrected chi connectivity index (χ3v) is 3.40. The summed E-state index contributed by atoms with van der Waals surface area (Å²) in [4.78, 5) is 17.6. The number of carbonyl (C=O) groups is 1. The Kier molecular flexibility index (Phi) is 2.65. The predicted octanol–water partition coefficient (Wildman–Crippen LogP) is 2.43. The summed E-state index contributed by atoms with van der Waals surface area (Å²) in [5, 5.41) is 2.77. The highest BCUT2D eigenvalue weighted by atomic mass is 32.1. The van der Waals surface area contributed by atoms with E-state index >= 15 is 0 Å². The lowest BCUT2D eigenvalue weighted by molar-refractivity contribution is 0.128. The van der Waals surface area contributed by atoms with Crippen LogP contribution in [-0.2, 0) is 4.74 Å². The normalized spacial score (nSPS) is 26.1. The van der Waals surface area contributed by atoms with Crippen molar-refractivity contribution in [3.8, 4) is 0 Å². The molecule has 0 spiro atoms. The van der Waals surface area contributed by atoms with Gasteiger partial charge >= 0.3 is 6.09 Å². The Morgan fingerprint density at radius 3 is 2.80 bits per heavy atom. The van der Waals surface area contributed by atoms with Gasteiger partial charge in [-0.15, -0.1) is 11.3 Å². The molecule has 1 amide bonds. The molecule has 0 bridgehead atoms. The first-order valence-corrected chi connectivity index (χ1v) is 5.87. The zero-order chi connectivity index (χ0) is 11.0. The van der Waals surface area contributed by atoms with Crippen LogP contribution in [0, 0.1) is 0 Å². The average molecular weight is 226 g/mol. The van der Waals surface area contributed by atoms with E-state index in [2.05, 4.69) is 4.98 Å². The zero-order valence-electron chi connectivity index (χ0n) is 9.01. The highest BCUT2D eigenvalue weighted by Gasteiger charge is 2.42. The second-order valence-electron chi connectivity index (χ2n) is 3.92. The van der Waals surface area contributed by atoms with Crippen LogP contribution < -0.4 is 0 Å². The fourth-order valence-electron chi connectivity index (χ4n) is 1.89. The maximum Gasteiger partial charge on any atom is 0.411 e. The smallest absolute Gasteiger partial charge is 0.411 e. The van der Waals surface area contributed by atoms with Crippen molar-refractivity contribution in [1.82, 2.24) is 9.88 Å². The minimum Gasteiger partial charge on any atom is -0.436 e. The molecule has 0 radical (unpaired) electrons. The van der Waals surface area contributed by atoms with Gasteiger partial charge in [0, 0.05) is 17.6 Å². The van der Waals surface area contributed by atoms with E-state index in [4.69, 9.17) is 4.74 Å². The van der Waals surface area contributed by atoms with Crippen LogP contribution >= 0.6 is 11.3 Å². The first-order chi connectivity index (χ1) is 7.11. The van der Waals surface area contributed by atoms with Gasteiger partial charge in [0.05, 0.1) is 6.04 Å². The van der Waals surface area contributed by atoms with Crippen molar-refractivity contribution >= 4 is 17.4 Å². The highest BCUT2D eigenvalue weighted by molar-refractivity contribution is 7.09. The lowest BCUT2D eigenvalue weighted by Gasteiger charge is -2.23. The maximum atomic E-state index is 11.6. The molecule has 0 aliphatic carbocycles. The number of hydrogen-bond donors (Lipinski definition) is 0. The van der Waals surface area contributed by atoms with E-state index in [0.717, 1.165) is 5.01 Å². The molecule has 0 aromatic carbocycles. The van der Waals surface area contributed by atoms with Gasteiger partial charge in [0.1, 0.15) is 5.01 Å². The molecule has 1 aromatic heterocycles. The van der Waals surface area contributed by atoms with Gasteiger partial charge in [-0.25, -0.2) is 9.78 Å². The largest absolute Gasteiger partial charge is 0.436 e. The van der Waals surface area contributed by atoms with Crippen LogP contribution in [0.25, 0.3) is 0 Å². The topological polar surface area (TPSA) is 42.4 Å². The molecular weight excluding hydrogens is 212 g/mol. The summed E-state index contributed by atoms with van der Waals surface area (Å²) in [6.45, 7) is 5.97. The molecule has 1 aromatic rings. The number of rotatable bonds is 2. The molecule has 0 unspecified atom stereocenters. The Labute approximate surface area is 92.9 Å². The summed E-state index contributed by atoms with van der Waals surface area (Å²) in [7, 11) is 0. The molecule has 5 heteroatoms. The monoisotopic (exact) mass is 226 g/mol. The molecule has 2 rings (SSSR count). The van der Waals surface area contributed by atoms with E-state index in [1.54, 1.807) is 11.1 Å². The summed E-state index contributed by atoms with van der Waals surface area (Å²) in [5.41, 5.74) is 0. The van der Waals surface area contributed by atoms with E-state index in [1.807, 2.05) is 26.2 Å². The van der Waals surface area contributed by atoms with Gasteiger partial charge in [0.25, 0.3) is 0 Å². The number of aromatic nitrogens is 1. The first-order valence-electron chi connectivity index (χ1n) is 4.99. The second kappa shape index (κ2) is 3.81. The molecule has 2 heterocycles. The molecule has 1 saturated heterocycles. The number of hydrogen-bond acceptors (Lipinski definition) is 4. The van der Waals surface area contributed by atoms with Crippen LogP contribution in [0.2, 0.25) is 0 Å². The fourth-order valence-corrected chi connectivity index (χ4v) is 2.65. The molecule has 0 N–H and O–H groups in total. The molecule has 15 heavy (non-hydrogen) atoms. The number of thiazole rings is 1. The van der Waals surface area contributed by atoms with Gasteiger partial charge in [0.15, 0.2) is 6.10 Å². The molecule has 82 valence electrons. The Morgan fingerprint density at radius 1 is 1.60 bits per heavy atom. The van der Waals surface area contributed by atoms with E-state index in [1.165, 1.54) is 11.3 Å². The Bertz CT molecular complexity index is 350. The van der Waals surface area contributed by atoms with E-state index in [0.29, 0.717) is 0 Å². The fraction of sp³-hybridized carbons (Fsp3) is 0.600. The molecule has 1 aliphatic heterocycles. The number of amides is 1. The highest BCUT2D eigenvalue weighted by Crippen LogP contribution is 2.34. The Hall–Kier alpha value is -1.10. The van der Waals surface area contributed by atoms with Crippen LogP contribution in [0.4, 0.5) is 4.79 Å². The van der Waals surface area contributed by atoms with Gasteiger partial charge in [-0.3, -0.25) is 4.90 Å². The number of cyclic esters (lactones) is 1. The molecule has 1 fully saturated rings. The zero-order valence-corrected chi connectivity index (χ0v) is 9.82. The summed E-state index contributed by atoms with van der Waals surface area (Å²) in [6, 6.07) is 0.223. The summed E-state index contributed by atoms with van der Waals surface area (Å²) in [6.07, 6.45) is 1.29. The Morgan fingerprint density at radius 2 is 2.33 bits per heavy atom. The third kappa shape index (κ3) is 1.71. The van der Waals surface area contributed by atoms with Crippen molar-refractivity contribution in [3.05, 3.63) is 16.6 Å².